The molecule has 0 aromatic heterocycles. The summed E-state index contributed by atoms with van der Waals surface area (Å²) in [5.41, 5.74) is 0.540. The second-order valence-electron chi connectivity index (χ2n) is 18.8. The number of allylic oxidation sites excluding steroid dienone is 1. The van der Waals surface area contributed by atoms with E-state index in [1.165, 1.54) is 24.2 Å². The van der Waals surface area contributed by atoms with Gasteiger partial charge in [-0.2, -0.15) is 0 Å². The molecule has 304 valence electrons. The SMILES string of the molecule is C=CCC[C@@H](NC(=O)[C@@H]1[C@@H]2C(CN1C(=O)[C@@H](NC(=O)NC13CC4CC(CC(C4)C1)C3)C1CCCCC1)C2(C)C)C(=O)C(=O)NCC(=O)N(C)Cc1ccccc1. The first kappa shape index (κ1) is 40.0. The molecule has 1 aromatic carbocycles. The van der Waals surface area contributed by atoms with Crippen LogP contribution in [0, 0.1) is 40.9 Å². The normalized spacial score (nSPS) is 30.7. The van der Waals surface area contributed by atoms with E-state index >= 15 is 0 Å². The lowest BCUT2D eigenvalue weighted by molar-refractivity contribution is -0.145. The molecule has 0 spiro atoms. The summed E-state index contributed by atoms with van der Waals surface area (Å²) in [4.78, 5) is 85.7. The van der Waals surface area contributed by atoms with Crippen LogP contribution in [0.1, 0.15) is 103 Å². The van der Waals surface area contributed by atoms with E-state index < -0.39 is 35.7 Å². The van der Waals surface area contributed by atoms with Crippen molar-refractivity contribution in [2.75, 3.05) is 20.1 Å². The Kier molecular flexibility index (Phi) is 11.7. The highest BCUT2D eigenvalue weighted by Crippen LogP contribution is 2.65. The zero-order valence-corrected chi connectivity index (χ0v) is 33.5. The largest absolute Gasteiger partial charge is 0.344 e. The van der Waals surface area contributed by atoms with Crippen LogP contribution < -0.4 is 21.3 Å². The Balaban J connectivity index is 1.02. The van der Waals surface area contributed by atoms with Crippen LogP contribution in [0.15, 0.2) is 43.0 Å². The van der Waals surface area contributed by atoms with Gasteiger partial charge in [0.1, 0.15) is 12.1 Å². The quantitative estimate of drug-likeness (QED) is 0.152. The molecule has 7 aliphatic rings. The van der Waals surface area contributed by atoms with Crippen molar-refractivity contribution in [3.63, 3.8) is 0 Å². The molecule has 1 aromatic rings. The third kappa shape index (κ3) is 8.40. The highest BCUT2D eigenvalue weighted by molar-refractivity contribution is 6.38. The van der Waals surface area contributed by atoms with Gasteiger partial charge in [0.25, 0.3) is 5.91 Å². The highest BCUT2D eigenvalue weighted by Gasteiger charge is 2.70. The second kappa shape index (κ2) is 16.3. The Morgan fingerprint density at radius 1 is 0.929 bits per heavy atom. The Morgan fingerprint density at radius 3 is 2.20 bits per heavy atom. The van der Waals surface area contributed by atoms with Gasteiger partial charge in [-0.25, -0.2) is 4.79 Å². The minimum atomic E-state index is -1.17. The lowest BCUT2D eigenvalue weighted by Crippen LogP contribution is -2.64. The summed E-state index contributed by atoms with van der Waals surface area (Å²) in [5, 5.41) is 11.9. The number of nitrogens with zero attached hydrogens (tertiary/aromatic N) is 2. The van der Waals surface area contributed by atoms with Gasteiger partial charge in [-0.05, 0) is 111 Å². The van der Waals surface area contributed by atoms with E-state index in [4.69, 9.17) is 0 Å². The molecule has 7 fully saturated rings. The van der Waals surface area contributed by atoms with Crippen molar-refractivity contribution in [2.24, 2.45) is 40.9 Å². The highest BCUT2D eigenvalue weighted by atomic mass is 16.2. The van der Waals surface area contributed by atoms with Gasteiger partial charge in [-0.15, -0.1) is 6.58 Å². The summed E-state index contributed by atoms with van der Waals surface area (Å²) in [6.45, 7) is 8.32. The fraction of sp³-hybridized carbons (Fsp3) is 0.682. The van der Waals surface area contributed by atoms with E-state index in [1.54, 1.807) is 18.0 Å². The molecule has 1 heterocycles. The predicted octanol–water partition coefficient (Wildman–Crippen LogP) is 4.48. The third-order valence-electron chi connectivity index (χ3n) is 14.5. The van der Waals surface area contributed by atoms with Gasteiger partial charge < -0.3 is 31.1 Å². The van der Waals surface area contributed by atoms with Crippen LogP contribution >= 0.6 is 0 Å². The van der Waals surface area contributed by atoms with Crippen molar-refractivity contribution in [3.8, 4) is 0 Å². The minimum Gasteiger partial charge on any atom is -0.344 e. The number of amides is 6. The fourth-order valence-corrected chi connectivity index (χ4v) is 11.8. The van der Waals surface area contributed by atoms with Crippen LogP contribution in [0.2, 0.25) is 0 Å². The summed E-state index contributed by atoms with van der Waals surface area (Å²) in [5.74, 6) is -0.975. The van der Waals surface area contributed by atoms with E-state index in [0.717, 1.165) is 56.9 Å². The van der Waals surface area contributed by atoms with Gasteiger partial charge in [0.05, 0.1) is 12.6 Å². The summed E-state index contributed by atoms with van der Waals surface area (Å²) < 4.78 is 0. The summed E-state index contributed by atoms with van der Waals surface area (Å²) >= 11 is 0. The van der Waals surface area contributed by atoms with Crippen LogP contribution in [0.4, 0.5) is 4.79 Å². The van der Waals surface area contributed by atoms with Gasteiger partial charge in [-0.3, -0.25) is 24.0 Å². The first-order valence-electron chi connectivity index (χ1n) is 21.2. The molecule has 6 amide bonds. The molecule has 5 atom stereocenters. The topological polar surface area (TPSA) is 157 Å². The standard InChI is InChI=1S/C44H62N6O6/c1-5-6-17-33(38(52)40(54)45-24-34(51)49(4)25-27-13-9-7-10-14-27)46-39(53)37-35-32(43(35,2)3)26-50(37)41(55)36(31-15-11-8-12-16-31)47-42(56)48-44-21-28-18-29(22-44)20-30(19-28)23-44/h5,7,9-10,13-14,28-33,35-37H,1,6,8,11-12,15-26H2,2-4H3,(H,45,54)(H,46,53)(H2,47,48,56)/t28?,29?,30?,32?,33-,35+,36+,37+,44?/m1/s1. The monoisotopic (exact) mass is 770 g/mol. The molecule has 12 nitrogen and oxygen atoms in total. The maximum absolute atomic E-state index is 14.8. The van der Waals surface area contributed by atoms with Crippen molar-refractivity contribution in [1.29, 1.82) is 0 Å². The molecule has 1 aliphatic heterocycles. The lowest BCUT2D eigenvalue weighted by atomic mass is 9.53. The van der Waals surface area contributed by atoms with Gasteiger partial charge in [0.15, 0.2) is 0 Å². The molecular weight excluding hydrogens is 709 g/mol. The average molecular weight is 771 g/mol. The number of nitrogens with one attached hydrogen (secondary N) is 4. The van der Waals surface area contributed by atoms with Crippen molar-refractivity contribution in [3.05, 3.63) is 48.6 Å². The molecule has 1 saturated heterocycles. The van der Waals surface area contributed by atoms with Crippen LogP contribution in [0.3, 0.4) is 0 Å². The zero-order valence-electron chi connectivity index (χ0n) is 33.5. The Hall–Kier alpha value is -4.22. The number of hydrogen-bond acceptors (Lipinski definition) is 6. The number of urea groups is 1. The molecule has 0 radical (unpaired) electrons. The smallest absolute Gasteiger partial charge is 0.315 e. The summed E-state index contributed by atoms with van der Waals surface area (Å²) in [6.07, 6.45) is 13.6. The third-order valence-corrected chi connectivity index (χ3v) is 14.5. The van der Waals surface area contributed by atoms with Crippen molar-refractivity contribution < 1.29 is 28.8 Å². The number of hydrogen-bond donors (Lipinski definition) is 4. The zero-order chi connectivity index (χ0) is 39.8. The molecule has 56 heavy (non-hydrogen) atoms. The second-order valence-corrected chi connectivity index (χ2v) is 18.8. The number of rotatable bonds is 15. The van der Waals surface area contributed by atoms with Crippen LogP contribution in [0.5, 0.6) is 0 Å². The number of ketones is 1. The number of carbonyl (C=O) groups excluding carboxylic acids is 6. The fourth-order valence-electron chi connectivity index (χ4n) is 11.8. The van der Waals surface area contributed by atoms with E-state index in [0.29, 0.717) is 37.3 Å². The van der Waals surface area contributed by atoms with E-state index in [9.17, 15) is 28.8 Å². The number of likely N-dealkylation sites (tertiary alicyclic amines) is 1. The molecule has 1 unspecified atom stereocenters. The molecule has 6 aliphatic carbocycles. The van der Waals surface area contributed by atoms with E-state index in [-0.39, 0.29) is 59.5 Å². The number of Topliss-reactive ketones (excluding diaryl/α,β-unsaturated/α-hetero) is 1. The first-order valence-corrected chi connectivity index (χ1v) is 21.2. The Bertz CT molecular complexity index is 1650. The number of piperidine rings is 1. The number of benzene rings is 1. The molecule has 4 bridgehead atoms. The molecule has 8 rings (SSSR count). The van der Waals surface area contributed by atoms with E-state index in [2.05, 4.69) is 41.7 Å². The van der Waals surface area contributed by atoms with Crippen molar-refractivity contribution >= 4 is 35.4 Å². The first-order chi connectivity index (χ1) is 26.8. The minimum absolute atomic E-state index is 0.0351. The van der Waals surface area contributed by atoms with Crippen molar-refractivity contribution in [2.45, 2.75) is 128 Å². The maximum Gasteiger partial charge on any atom is 0.315 e. The van der Waals surface area contributed by atoms with Crippen LogP contribution in [-0.2, 0) is 30.5 Å². The van der Waals surface area contributed by atoms with Crippen LogP contribution in [0.25, 0.3) is 0 Å². The molecule has 6 saturated carbocycles. The van der Waals surface area contributed by atoms with Gasteiger partial charge in [0, 0.05) is 25.7 Å². The summed E-state index contributed by atoms with van der Waals surface area (Å²) in [7, 11) is 1.63. The van der Waals surface area contributed by atoms with Gasteiger partial charge in [-0.1, -0.05) is 69.5 Å². The Labute approximate surface area is 331 Å². The lowest BCUT2D eigenvalue weighted by Gasteiger charge is -2.56. The number of fused-ring (bicyclic) bond motifs is 1. The van der Waals surface area contributed by atoms with Crippen molar-refractivity contribution in [1.82, 2.24) is 31.1 Å². The predicted molar refractivity (Wildman–Crippen MR) is 211 cm³/mol. The number of likely N-dealkylation sites (N-methyl/N-ethyl adjacent to an activating group) is 1. The molecular formula is C44H62N6O6. The van der Waals surface area contributed by atoms with E-state index in [1.807, 2.05) is 30.3 Å². The number of carbonyl (C=O) groups is 6. The Morgan fingerprint density at radius 2 is 1.57 bits per heavy atom. The molecule has 12 heteroatoms. The molecule has 4 N–H and O–H groups in total. The average Bonchev–Trinajstić information content (AvgIpc) is 3.46. The van der Waals surface area contributed by atoms with Crippen LogP contribution in [-0.4, -0.2) is 89.0 Å². The maximum atomic E-state index is 14.8. The summed E-state index contributed by atoms with van der Waals surface area (Å²) in [6, 6.07) is 6.38. The van der Waals surface area contributed by atoms with Gasteiger partial charge >= 0.3 is 6.03 Å². The van der Waals surface area contributed by atoms with Gasteiger partial charge in [0.2, 0.25) is 23.5 Å².